The zero-order valence-electron chi connectivity index (χ0n) is 15.5. The first kappa shape index (κ1) is 24.6. The standard InChI is InChI=1S/C20H41F.H3P/c1-2-3-4-5-6-7-8-9-10-11-12-13-14-15-16-17-18-19-20-21;/h2-20H2,1H3;1H3. The first-order chi connectivity index (χ1) is 10.4. The van der Waals surface area contributed by atoms with E-state index >= 15 is 0 Å². The Hall–Kier alpha value is 0.360. The normalized spacial score (nSPS) is 10.6. The van der Waals surface area contributed by atoms with E-state index < -0.39 is 0 Å². The van der Waals surface area contributed by atoms with Crippen molar-refractivity contribution in [1.29, 1.82) is 0 Å². The zero-order valence-corrected chi connectivity index (χ0v) is 16.9. The Labute approximate surface area is 144 Å². The molecule has 0 aliphatic rings. The number of hydrogen-bond donors (Lipinski definition) is 0. The lowest BCUT2D eigenvalue weighted by molar-refractivity contribution is 0.448. The summed E-state index contributed by atoms with van der Waals surface area (Å²) in [6.45, 7) is 2.16. The lowest BCUT2D eigenvalue weighted by atomic mass is 10.0. The van der Waals surface area contributed by atoms with Gasteiger partial charge in [0.2, 0.25) is 0 Å². The van der Waals surface area contributed by atoms with E-state index in [0.29, 0.717) is 0 Å². The summed E-state index contributed by atoms with van der Waals surface area (Å²) in [5, 5.41) is 0. The van der Waals surface area contributed by atoms with E-state index in [1.807, 2.05) is 0 Å². The predicted molar refractivity (Wildman–Crippen MR) is 106 cm³/mol. The van der Waals surface area contributed by atoms with E-state index in [2.05, 4.69) is 6.92 Å². The number of hydrogen-bond acceptors (Lipinski definition) is 0. The first-order valence-corrected chi connectivity index (χ1v) is 9.97. The maximum absolute atomic E-state index is 11.9. The van der Waals surface area contributed by atoms with Gasteiger partial charge >= 0.3 is 0 Å². The highest BCUT2D eigenvalue weighted by Crippen LogP contribution is 2.14. The Morgan fingerprint density at radius 1 is 0.409 bits per heavy atom. The van der Waals surface area contributed by atoms with Crippen molar-refractivity contribution >= 4 is 9.90 Å². The van der Waals surface area contributed by atoms with Gasteiger partial charge in [0.05, 0.1) is 6.67 Å². The van der Waals surface area contributed by atoms with Gasteiger partial charge in [0.15, 0.2) is 0 Å². The van der Waals surface area contributed by atoms with Gasteiger partial charge in [0, 0.05) is 0 Å². The summed E-state index contributed by atoms with van der Waals surface area (Å²) in [6.07, 6.45) is 24.5. The molecule has 0 aliphatic carbocycles. The van der Waals surface area contributed by atoms with Gasteiger partial charge in [0.25, 0.3) is 0 Å². The summed E-state index contributed by atoms with van der Waals surface area (Å²) in [7, 11) is 0. The highest BCUT2D eigenvalue weighted by molar-refractivity contribution is 6.92. The van der Waals surface area contributed by atoms with Crippen molar-refractivity contribution in [3.8, 4) is 0 Å². The van der Waals surface area contributed by atoms with Gasteiger partial charge in [-0.25, -0.2) is 0 Å². The third-order valence-electron chi connectivity index (χ3n) is 4.49. The molecule has 0 saturated heterocycles. The monoisotopic (exact) mass is 334 g/mol. The van der Waals surface area contributed by atoms with Crippen LogP contribution in [0.1, 0.15) is 122 Å². The molecule has 22 heavy (non-hydrogen) atoms. The van der Waals surface area contributed by atoms with E-state index in [9.17, 15) is 4.39 Å². The maximum Gasteiger partial charge on any atom is 0.0894 e. The van der Waals surface area contributed by atoms with Gasteiger partial charge < -0.3 is 0 Å². The Morgan fingerprint density at radius 3 is 0.864 bits per heavy atom. The minimum atomic E-state index is -0.126. The smallest absolute Gasteiger partial charge is 0.0894 e. The Bertz CT molecular complexity index is 155. The molecule has 0 heterocycles. The number of rotatable bonds is 18. The van der Waals surface area contributed by atoms with Crippen LogP contribution in [-0.4, -0.2) is 6.67 Å². The minimum Gasteiger partial charge on any atom is -0.251 e. The topological polar surface area (TPSA) is 0 Å². The molecule has 0 aromatic rings. The summed E-state index contributed by atoms with van der Waals surface area (Å²) >= 11 is 0. The quantitative estimate of drug-likeness (QED) is 0.176. The van der Waals surface area contributed by atoms with Gasteiger partial charge in [0.1, 0.15) is 0 Å². The molecule has 0 amide bonds. The van der Waals surface area contributed by atoms with Crippen LogP contribution in [0.2, 0.25) is 0 Å². The number of halogens is 1. The lowest BCUT2D eigenvalue weighted by Gasteiger charge is -2.03. The predicted octanol–water partition coefficient (Wildman–Crippen LogP) is 8.06. The van der Waals surface area contributed by atoms with Crippen LogP contribution in [0.5, 0.6) is 0 Å². The van der Waals surface area contributed by atoms with Crippen molar-refractivity contribution in [2.75, 3.05) is 6.67 Å². The van der Waals surface area contributed by atoms with Gasteiger partial charge in [-0.15, -0.1) is 0 Å². The second-order valence-electron chi connectivity index (χ2n) is 6.70. The molecular weight excluding hydrogens is 290 g/mol. The van der Waals surface area contributed by atoms with Crippen LogP contribution in [-0.2, 0) is 0 Å². The van der Waals surface area contributed by atoms with Crippen LogP contribution < -0.4 is 0 Å². The minimum absolute atomic E-state index is 0. The van der Waals surface area contributed by atoms with E-state index in [-0.39, 0.29) is 16.6 Å². The average Bonchev–Trinajstić information content (AvgIpc) is 2.50. The molecule has 1 unspecified atom stereocenters. The summed E-state index contributed by atoms with van der Waals surface area (Å²) in [5.41, 5.74) is 0. The van der Waals surface area contributed by atoms with Crippen LogP contribution in [0.3, 0.4) is 0 Å². The Balaban J connectivity index is 0. The van der Waals surface area contributed by atoms with E-state index in [0.717, 1.165) is 12.8 Å². The van der Waals surface area contributed by atoms with E-state index in [1.165, 1.54) is 103 Å². The van der Waals surface area contributed by atoms with Crippen molar-refractivity contribution in [3.05, 3.63) is 0 Å². The van der Waals surface area contributed by atoms with Crippen LogP contribution in [0, 0.1) is 0 Å². The molecule has 0 N–H and O–H groups in total. The molecule has 136 valence electrons. The largest absolute Gasteiger partial charge is 0.251 e. The number of unbranched alkanes of at least 4 members (excludes halogenated alkanes) is 17. The Kier molecular flexibility index (Phi) is 26.4. The summed E-state index contributed by atoms with van der Waals surface area (Å²) < 4.78 is 11.9. The van der Waals surface area contributed by atoms with Crippen molar-refractivity contribution in [1.82, 2.24) is 0 Å². The van der Waals surface area contributed by atoms with E-state index in [4.69, 9.17) is 0 Å². The second kappa shape index (κ2) is 23.6. The third-order valence-corrected chi connectivity index (χ3v) is 4.49. The highest BCUT2D eigenvalue weighted by Gasteiger charge is 1.94. The summed E-state index contributed by atoms with van der Waals surface area (Å²) in [5.74, 6) is 0. The fraction of sp³-hybridized carbons (Fsp3) is 1.00. The molecule has 0 nitrogen and oxygen atoms in total. The second-order valence-corrected chi connectivity index (χ2v) is 6.70. The Morgan fingerprint density at radius 2 is 0.636 bits per heavy atom. The molecule has 0 radical (unpaired) electrons. The summed E-state index contributed by atoms with van der Waals surface area (Å²) in [4.78, 5) is 0. The molecule has 2 heteroatoms. The first-order valence-electron chi connectivity index (χ1n) is 9.97. The molecule has 0 spiro atoms. The molecule has 0 aromatic carbocycles. The van der Waals surface area contributed by atoms with Gasteiger partial charge in [-0.05, 0) is 6.42 Å². The highest BCUT2D eigenvalue weighted by atomic mass is 31.0. The summed E-state index contributed by atoms with van der Waals surface area (Å²) in [6, 6.07) is 0. The molecule has 0 aliphatic heterocycles. The average molecular weight is 335 g/mol. The third kappa shape index (κ3) is 22.6. The molecule has 0 rings (SSSR count). The van der Waals surface area contributed by atoms with Gasteiger partial charge in [-0.1, -0.05) is 116 Å². The maximum atomic E-state index is 11.9. The lowest BCUT2D eigenvalue weighted by Crippen LogP contribution is -1.84. The number of alkyl halides is 1. The van der Waals surface area contributed by atoms with Crippen molar-refractivity contribution in [2.24, 2.45) is 0 Å². The van der Waals surface area contributed by atoms with Crippen molar-refractivity contribution in [2.45, 2.75) is 122 Å². The fourth-order valence-electron chi connectivity index (χ4n) is 3.00. The van der Waals surface area contributed by atoms with Crippen LogP contribution in [0.15, 0.2) is 0 Å². The molecule has 1 atom stereocenters. The van der Waals surface area contributed by atoms with Crippen LogP contribution in [0.25, 0.3) is 0 Å². The fourth-order valence-corrected chi connectivity index (χ4v) is 3.00. The van der Waals surface area contributed by atoms with E-state index in [1.54, 1.807) is 0 Å². The van der Waals surface area contributed by atoms with Crippen LogP contribution >= 0.6 is 9.90 Å². The molecule has 0 aromatic heterocycles. The molecular formula is C20H44FP. The SMILES string of the molecule is CCCCCCCCCCCCCCCCCCCCF.P. The van der Waals surface area contributed by atoms with Crippen molar-refractivity contribution < 1.29 is 4.39 Å². The molecule has 0 saturated carbocycles. The molecule has 0 fully saturated rings. The van der Waals surface area contributed by atoms with Gasteiger partial charge in [-0.2, -0.15) is 9.90 Å². The van der Waals surface area contributed by atoms with Gasteiger partial charge in [-0.3, -0.25) is 4.39 Å². The zero-order chi connectivity index (χ0) is 15.4. The molecule has 0 bridgehead atoms. The van der Waals surface area contributed by atoms with Crippen molar-refractivity contribution in [3.63, 3.8) is 0 Å². The van der Waals surface area contributed by atoms with Crippen LogP contribution in [0.4, 0.5) is 4.39 Å².